The number of carbonyl (C=O) groups excluding carboxylic acids is 1. The molecular weight excluding hydrogens is 216 g/mol. The van der Waals surface area contributed by atoms with Gasteiger partial charge in [0.2, 0.25) is 5.91 Å². The monoisotopic (exact) mass is 236 g/mol. The third-order valence-electron chi connectivity index (χ3n) is 2.39. The van der Waals surface area contributed by atoms with Crippen LogP contribution in [0.25, 0.3) is 0 Å². The van der Waals surface area contributed by atoms with Crippen LogP contribution < -0.4 is 11.1 Å². The highest BCUT2D eigenvalue weighted by atomic mass is 16.5. The minimum Gasteiger partial charge on any atom is -0.383 e. The summed E-state index contributed by atoms with van der Waals surface area (Å²) in [5.74, 6) is -0.403. The Balaban J connectivity index is 2.21. The molecule has 0 saturated heterocycles. The molecule has 0 radical (unpaired) electrons. The molecule has 0 aliphatic rings. The summed E-state index contributed by atoms with van der Waals surface area (Å²) in [6.07, 6.45) is 2.26. The number of ether oxygens (including phenoxy) is 1. The zero-order valence-electron chi connectivity index (χ0n) is 10.2. The van der Waals surface area contributed by atoms with Crippen LogP contribution in [0.15, 0.2) is 24.3 Å². The Morgan fingerprint density at radius 1 is 1.29 bits per heavy atom. The van der Waals surface area contributed by atoms with Crippen LogP contribution in [0.4, 0.5) is 5.69 Å². The van der Waals surface area contributed by atoms with E-state index in [0.29, 0.717) is 12.2 Å². The third kappa shape index (κ3) is 5.36. The quantitative estimate of drug-likeness (QED) is 0.679. The molecule has 0 atom stereocenters. The molecule has 0 bridgehead atoms. The first-order chi connectivity index (χ1) is 8.24. The number of nitrogens with two attached hydrogens (primary N) is 1. The molecule has 0 heterocycles. The van der Waals surface area contributed by atoms with Gasteiger partial charge in [0.25, 0.3) is 0 Å². The zero-order chi connectivity index (χ0) is 12.5. The summed E-state index contributed by atoms with van der Waals surface area (Å²) in [7, 11) is 0. The van der Waals surface area contributed by atoms with Gasteiger partial charge in [-0.1, -0.05) is 13.3 Å². The van der Waals surface area contributed by atoms with E-state index in [0.717, 1.165) is 31.7 Å². The molecule has 1 amide bonds. The van der Waals surface area contributed by atoms with Gasteiger partial charge in [0, 0.05) is 24.4 Å². The number of carbonyl (C=O) groups is 1. The molecule has 4 nitrogen and oxygen atoms in total. The fourth-order valence-corrected chi connectivity index (χ4v) is 1.37. The second-order valence-corrected chi connectivity index (χ2v) is 3.83. The van der Waals surface area contributed by atoms with Crippen molar-refractivity contribution in [1.29, 1.82) is 0 Å². The summed E-state index contributed by atoms with van der Waals surface area (Å²) in [4.78, 5) is 10.9. The summed E-state index contributed by atoms with van der Waals surface area (Å²) in [5, 5.41) is 3.21. The van der Waals surface area contributed by atoms with Crippen molar-refractivity contribution in [3.63, 3.8) is 0 Å². The lowest BCUT2D eigenvalue weighted by molar-refractivity contribution is 0.100. The smallest absolute Gasteiger partial charge is 0.248 e. The largest absolute Gasteiger partial charge is 0.383 e. The van der Waals surface area contributed by atoms with Gasteiger partial charge >= 0.3 is 0 Å². The van der Waals surface area contributed by atoms with E-state index in [9.17, 15) is 4.79 Å². The first-order valence-corrected chi connectivity index (χ1v) is 5.95. The van der Waals surface area contributed by atoms with Gasteiger partial charge in [0.15, 0.2) is 0 Å². The van der Waals surface area contributed by atoms with E-state index in [1.54, 1.807) is 12.1 Å². The second kappa shape index (κ2) is 7.68. The third-order valence-corrected chi connectivity index (χ3v) is 2.39. The molecule has 0 spiro atoms. The maximum Gasteiger partial charge on any atom is 0.248 e. The van der Waals surface area contributed by atoms with Crippen molar-refractivity contribution in [2.75, 3.05) is 25.1 Å². The van der Waals surface area contributed by atoms with Crippen LogP contribution in [-0.4, -0.2) is 25.7 Å². The summed E-state index contributed by atoms with van der Waals surface area (Å²) < 4.78 is 5.42. The SMILES string of the molecule is CCCCOCCNc1ccc(C(N)=O)cc1. The van der Waals surface area contributed by atoms with Crippen molar-refractivity contribution in [3.05, 3.63) is 29.8 Å². The Kier molecular flexibility index (Phi) is 6.10. The predicted molar refractivity (Wildman–Crippen MR) is 69.2 cm³/mol. The van der Waals surface area contributed by atoms with Gasteiger partial charge in [0.05, 0.1) is 6.61 Å². The lowest BCUT2D eigenvalue weighted by atomic mass is 10.2. The van der Waals surface area contributed by atoms with Crippen LogP contribution in [0.2, 0.25) is 0 Å². The van der Waals surface area contributed by atoms with Crippen LogP contribution >= 0.6 is 0 Å². The molecule has 1 aromatic carbocycles. The molecule has 94 valence electrons. The van der Waals surface area contributed by atoms with Crippen LogP contribution in [0.1, 0.15) is 30.1 Å². The molecule has 0 unspecified atom stereocenters. The molecular formula is C13H20N2O2. The number of hydrogen-bond donors (Lipinski definition) is 2. The van der Waals surface area contributed by atoms with E-state index in [2.05, 4.69) is 12.2 Å². The Labute approximate surface area is 102 Å². The number of rotatable bonds is 8. The highest BCUT2D eigenvalue weighted by molar-refractivity contribution is 5.93. The fraction of sp³-hybridized carbons (Fsp3) is 0.462. The topological polar surface area (TPSA) is 64.3 Å². The first-order valence-electron chi connectivity index (χ1n) is 5.95. The van der Waals surface area contributed by atoms with Crippen molar-refractivity contribution < 1.29 is 9.53 Å². The molecule has 0 saturated carbocycles. The first kappa shape index (κ1) is 13.5. The average Bonchev–Trinajstić information content (AvgIpc) is 2.34. The van der Waals surface area contributed by atoms with Crippen molar-refractivity contribution in [2.45, 2.75) is 19.8 Å². The van der Waals surface area contributed by atoms with E-state index in [4.69, 9.17) is 10.5 Å². The summed E-state index contributed by atoms with van der Waals surface area (Å²) >= 11 is 0. The summed E-state index contributed by atoms with van der Waals surface area (Å²) in [5.41, 5.74) is 6.64. The number of unbranched alkanes of at least 4 members (excludes halogenated alkanes) is 1. The van der Waals surface area contributed by atoms with Crippen molar-refractivity contribution in [2.24, 2.45) is 5.73 Å². The van der Waals surface area contributed by atoms with Gasteiger partial charge in [-0.15, -0.1) is 0 Å². The fourth-order valence-electron chi connectivity index (χ4n) is 1.37. The average molecular weight is 236 g/mol. The van der Waals surface area contributed by atoms with E-state index in [-0.39, 0.29) is 0 Å². The minimum atomic E-state index is -0.403. The van der Waals surface area contributed by atoms with Crippen LogP contribution in [0.3, 0.4) is 0 Å². The predicted octanol–water partition coefficient (Wildman–Crippen LogP) is 2.01. The van der Waals surface area contributed by atoms with Crippen molar-refractivity contribution in [1.82, 2.24) is 0 Å². The maximum atomic E-state index is 10.9. The molecule has 17 heavy (non-hydrogen) atoms. The molecule has 0 fully saturated rings. The Morgan fingerprint density at radius 3 is 2.59 bits per heavy atom. The number of primary amides is 1. The van der Waals surface area contributed by atoms with Gasteiger partial charge in [-0.3, -0.25) is 4.79 Å². The zero-order valence-corrected chi connectivity index (χ0v) is 10.2. The lowest BCUT2D eigenvalue weighted by Crippen LogP contribution is -2.12. The molecule has 1 rings (SSSR count). The van der Waals surface area contributed by atoms with Crippen LogP contribution in [-0.2, 0) is 4.74 Å². The molecule has 3 N–H and O–H groups in total. The number of anilines is 1. The van der Waals surface area contributed by atoms with E-state index < -0.39 is 5.91 Å². The normalized spacial score (nSPS) is 10.2. The number of hydrogen-bond acceptors (Lipinski definition) is 3. The van der Waals surface area contributed by atoms with Crippen molar-refractivity contribution >= 4 is 11.6 Å². The standard InChI is InChI=1S/C13H20N2O2/c1-2-3-9-17-10-8-15-12-6-4-11(5-7-12)13(14)16/h4-7,15H,2-3,8-10H2,1H3,(H2,14,16). The highest BCUT2D eigenvalue weighted by Crippen LogP contribution is 2.08. The minimum absolute atomic E-state index is 0.403. The molecule has 4 heteroatoms. The van der Waals surface area contributed by atoms with E-state index in [1.807, 2.05) is 12.1 Å². The van der Waals surface area contributed by atoms with E-state index >= 15 is 0 Å². The number of benzene rings is 1. The Hall–Kier alpha value is -1.55. The van der Waals surface area contributed by atoms with Crippen LogP contribution in [0.5, 0.6) is 0 Å². The lowest BCUT2D eigenvalue weighted by Gasteiger charge is -2.07. The Morgan fingerprint density at radius 2 is 2.00 bits per heavy atom. The van der Waals surface area contributed by atoms with Gasteiger partial charge in [-0.05, 0) is 30.7 Å². The van der Waals surface area contributed by atoms with Gasteiger partial charge < -0.3 is 15.8 Å². The molecule has 0 aliphatic heterocycles. The van der Waals surface area contributed by atoms with Crippen molar-refractivity contribution in [3.8, 4) is 0 Å². The summed E-state index contributed by atoms with van der Waals surface area (Å²) in [6, 6.07) is 7.10. The Bertz CT molecular complexity index is 336. The number of nitrogens with one attached hydrogen (secondary N) is 1. The second-order valence-electron chi connectivity index (χ2n) is 3.83. The molecule has 1 aromatic rings. The molecule has 0 aliphatic carbocycles. The maximum absolute atomic E-state index is 10.9. The highest BCUT2D eigenvalue weighted by Gasteiger charge is 1.98. The van der Waals surface area contributed by atoms with Gasteiger partial charge in [-0.25, -0.2) is 0 Å². The van der Waals surface area contributed by atoms with Gasteiger partial charge in [-0.2, -0.15) is 0 Å². The van der Waals surface area contributed by atoms with E-state index in [1.165, 1.54) is 0 Å². The summed E-state index contributed by atoms with van der Waals surface area (Å²) in [6.45, 7) is 4.41. The van der Waals surface area contributed by atoms with Gasteiger partial charge in [0.1, 0.15) is 0 Å². The molecule has 0 aromatic heterocycles. The van der Waals surface area contributed by atoms with Crippen LogP contribution in [0, 0.1) is 0 Å². The number of amides is 1.